The SMILES string of the molecule is C=CCNC(=O)Nc1ccc(C(=O)NC2=Nc3c(ccc(OCCCN4CCOCC4)c3OC)C3=NCCN23)cn1. The van der Waals surface area contributed by atoms with Crippen molar-refractivity contribution in [1.82, 2.24) is 25.4 Å². The van der Waals surface area contributed by atoms with Gasteiger partial charge in [-0.05, 0) is 30.7 Å². The number of ether oxygens (including phenoxy) is 3. The van der Waals surface area contributed by atoms with E-state index in [2.05, 4.69) is 37.4 Å². The summed E-state index contributed by atoms with van der Waals surface area (Å²) in [4.78, 5) is 42.8. The maximum Gasteiger partial charge on any atom is 0.320 e. The number of benzene rings is 1. The number of hydrogen-bond acceptors (Lipinski definition) is 10. The fraction of sp³-hybridized carbons (Fsp3) is 0.393. The number of carbonyl (C=O) groups excluding carboxylic acids is 2. The van der Waals surface area contributed by atoms with Crippen LogP contribution in [0.1, 0.15) is 22.3 Å². The maximum atomic E-state index is 13.1. The second-order valence-electron chi connectivity index (χ2n) is 9.45. The van der Waals surface area contributed by atoms with Crippen molar-refractivity contribution < 1.29 is 23.8 Å². The van der Waals surface area contributed by atoms with Crippen LogP contribution < -0.4 is 25.4 Å². The highest BCUT2D eigenvalue weighted by atomic mass is 16.5. The molecule has 1 fully saturated rings. The van der Waals surface area contributed by atoms with E-state index in [4.69, 9.17) is 19.2 Å². The van der Waals surface area contributed by atoms with Gasteiger partial charge in [0.25, 0.3) is 5.91 Å². The van der Waals surface area contributed by atoms with Gasteiger partial charge in [-0.2, -0.15) is 0 Å². The minimum Gasteiger partial charge on any atom is -0.491 e. The fourth-order valence-electron chi connectivity index (χ4n) is 4.70. The van der Waals surface area contributed by atoms with Crippen molar-refractivity contribution in [2.45, 2.75) is 6.42 Å². The molecular formula is C28H34N8O5. The number of nitrogens with zero attached hydrogens (tertiary/aromatic N) is 5. The molecule has 1 aromatic carbocycles. The van der Waals surface area contributed by atoms with Crippen molar-refractivity contribution >= 4 is 35.2 Å². The Morgan fingerprint density at radius 2 is 2.00 bits per heavy atom. The quantitative estimate of drug-likeness (QED) is 0.295. The highest BCUT2D eigenvalue weighted by molar-refractivity contribution is 6.20. The lowest BCUT2D eigenvalue weighted by Gasteiger charge is -2.29. The standard InChI is InChI=1S/C28H34N8O5/c1-3-9-30-28(38)32-22-8-5-19(18-31-22)26(37)34-27-33-23-20(25-29-10-12-36(25)27)6-7-21(24(23)39-2)41-15-4-11-35-13-16-40-17-14-35/h3,5-8,18H,1,4,9-17H2,2H3,(H,33,34,37)(H2,30,31,32,38). The Labute approximate surface area is 238 Å². The number of aliphatic imine (C=N–C) groups is 2. The first-order chi connectivity index (χ1) is 20.1. The molecule has 0 unspecified atom stereocenters. The van der Waals surface area contributed by atoms with Gasteiger partial charge in [0.15, 0.2) is 11.5 Å². The van der Waals surface area contributed by atoms with E-state index in [1.807, 2.05) is 17.0 Å². The molecule has 0 aliphatic carbocycles. The van der Waals surface area contributed by atoms with Crippen molar-refractivity contribution in [2.24, 2.45) is 9.98 Å². The van der Waals surface area contributed by atoms with Crippen molar-refractivity contribution in [3.63, 3.8) is 0 Å². The molecule has 216 valence electrons. The topological polar surface area (TPSA) is 142 Å². The third kappa shape index (κ3) is 6.64. The molecule has 3 N–H and O–H groups in total. The summed E-state index contributed by atoms with van der Waals surface area (Å²) in [6.45, 7) is 9.91. The minimum absolute atomic E-state index is 0.303. The Kier molecular flexibility index (Phi) is 9.06. The minimum atomic E-state index is -0.417. The maximum absolute atomic E-state index is 13.1. The number of anilines is 1. The van der Waals surface area contributed by atoms with Gasteiger partial charge >= 0.3 is 6.03 Å². The molecule has 0 spiro atoms. The van der Waals surface area contributed by atoms with E-state index in [1.165, 1.54) is 6.20 Å². The number of carbonyl (C=O) groups is 2. The Morgan fingerprint density at radius 1 is 1.15 bits per heavy atom. The second-order valence-corrected chi connectivity index (χ2v) is 9.45. The van der Waals surface area contributed by atoms with E-state index in [1.54, 1.807) is 25.3 Å². The van der Waals surface area contributed by atoms with E-state index in [9.17, 15) is 9.59 Å². The van der Waals surface area contributed by atoms with Crippen LogP contribution in [0.4, 0.5) is 16.3 Å². The van der Waals surface area contributed by atoms with Crippen LogP contribution in [-0.4, -0.2) is 105 Å². The van der Waals surface area contributed by atoms with Gasteiger partial charge in [-0.15, -0.1) is 6.58 Å². The summed E-state index contributed by atoms with van der Waals surface area (Å²) in [5, 5.41) is 8.08. The number of nitrogens with one attached hydrogen (secondary N) is 3. The predicted molar refractivity (Wildman–Crippen MR) is 154 cm³/mol. The van der Waals surface area contributed by atoms with E-state index in [0.717, 1.165) is 44.8 Å². The molecule has 13 heteroatoms. The smallest absolute Gasteiger partial charge is 0.320 e. The molecule has 2 aromatic rings. The summed E-state index contributed by atoms with van der Waals surface area (Å²) in [7, 11) is 1.58. The van der Waals surface area contributed by atoms with Crippen LogP contribution in [0.3, 0.4) is 0 Å². The van der Waals surface area contributed by atoms with Crippen LogP contribution in [0.15, 0.2) is 53.1 Å². The molecule has 5 rings (SSSR count). The number of morpholine rings is 1. The van der Waals surface area contributed by atoms with Crippen LogP contribution in [0.2, 0.25) is 0 Å². The Balaban J connectivity index is 1.28. The van der Waals surface area contributed by atoms with Gasteiger partial charge < -0.3 is 19.5 Å². The lowest BCUT2D eigenvalue weighted by molar-refractivity contribution is 0.0357. The van der Waals surface area contributed by atoms with Gasteiger partial charge in [0.1, 0.15) is 17.3 Å². The number of rotatable bonds is 10. The molecule has 0 saturated carbocycles. The average Bonchev–Trinajstić information content (AvgIpc) is 3.50. The third-order valence-corrected chi connectivity index (χ3v) is 6.73. The monoisotopic (exact) mass is 562 g/mol. The van der Waals surface area contributed by atoms with Crippen molar-refractivity contribution in [3.05, 3.63) is 54.2 Å². The molecular weight excluding hydrogens is 528 g/mol. The first kappa shape index (κ1) is 28.1. The number of aromatic nitrogens is 1. The zero-order chi connectivity index (χ0) is 28.6. The fourth-order valence-corrected chi connectivity index (χ4v) is 4.70. The summed E-state index contributed by atoms with van der Waals surface area (Å²) in [5.41, 5.74) is 1.66. The predicted octanol–water partition coefficient (Wildman–Crippen LogP) is 1.99. The first-order valence-electron chi connectivity index (χ1n) is 13.6. The molecule has 0 atom stereocenters. The van der Waals surface area contributed by atoms with Gasteiger partial charge in [-0.25, -0.2) is 14.8 Å². The number of pyridine rings is 1. The lowest BCUT2D eigenvalue weighted by atomic mass is 10.1. The number of amidine groups is 1. The number of fused-ring (bicyclic) bond motifs is 3. The van der Waals surface area contributed by atoms with Crippen LogP contribution in [0, 0.1) is 0 Å². The van der Waals surface area contributed by atoms with Gasteiger partial charge in [0.05, 0.1) is 39.0 Å². The van der Waals surface area contributed by atoms with Gasteiger partial charge in [0, 0.05) is 44.5 Å². The number of methoxy groups -OCH3 is 1. The normalized spacial score (nSPS) is 16.1. The Hall–Kier alpha value is -4.49. The Bertz CT molecular complexity index is 1340. The second kappa shape index (κ2) is 13.2. The molecule has 3 amide bonds. The van der Waals surface area contributed by atoms with Crippen LogP contribution in [-0.2, 0) is 4.74 Å². The van der Waals surface area contributed by atoms with E-state index in [-0.39, 0.29) is 0 Å². The number of urea groups is 1. The molecule has 0 bridgehead atoms. The number of amides is 3. The molecule has 13 nitrogen and oxygen atoms in total. The zero-order valence-corrected chi connectivity index (χ0v) is 23.0. The lowest BCUT2D eigenvalue weighted by Crippen LogP contribution is -2.47. The summed E-state index contributed by atoms with van der Waals surface area (Å²) < 4.78 is 17.3. The van der Waals surface area contributed by atoms with Crippen molar-refractivity contribution in [2.75, 3.05) is 71.5 Å². The van der Waals surface area contributed by atoms with E-state index >= 15 is 0 Å². The van der Waals surface area contributed by atoms with Gasteiger partial charge in [-0.3, -0.25) is 30.2 Å². The average molecular weight is 563 g/mol. The van der Waals surface area contributed by atoms with Crippen molar-refractivity contribution in [1.29, 1.82) is 0 Å². The molecule has 1 aromatic heterocycles. The number of hydrogen-bond donors (Lipinski definition) is 3. The third-order valence-electron chi connectivity index (χ3n) is 6.73. The van der Waals surface area contributed by atoms with E-state index < -0.39 is 11.9 Å². The van der Waals surface area contributed by atoms with Crippen LogP contribution >= 0.6 is 0 Å². The Morgan fingerprint density at radius 3 is 2.76 bits per heavy atom. The molecule has 41 heavy (non-hydrogen) atoms. The van der Waals surface area contributed by atoms with Gasteiger partial charge in [-0.1, -0.05) is 6.08 Å². The van der Waals surface area contributed by atoms with Crippen LogP contribution in [0.25, 0.3) is 0 Å². The highest BCUT2D eigenvalue weighted by Gasteiger charge is 2.33. The van der Waals surface area contributed by atoms with E-state index in [0.29, 0.717) is 66.6 Å². The van der Waals surface area contributed by atoms with Crippen LogP contribution in [0.5, 0.6) is 11.5 Å². The summed E-state index contributed by atoms with van der Waals surface area (Å²) in [6, 6.07) is 6.51. The first-order valence-corrected chi connectivity index (χ1v) is 13.6. The largest absolute Gasteiger partial charge is 0.491 e. The summed E-state index contributed by atoms with van der Waals surface area (Å²) >= 11 is 0. The number of guanidine groups is 1. The molecule has 4 heterocycles. The van der Waals surface area contributed by atoms with Gasteiger partial charge in [0.2, 0.25) is 5.96 Å². The molecule has 0 radical (unpaired) electrons. The molecule has 3 aliphatic rings. The highest BCUT2D eigenvalue weighted by Crippen LogP contribution is 2.43. The molecule has 1 saturated heterocycles. The zero-order valence-electron chi connectivity index (χ0n) is 23.0. The molecule has 3 aliphatic heterocycles. The van der Waals surface area contributed by atoms with Crippen molar-refractivity contribution in [3.8, 4) is 11.5 Å². The summed E-state index contributed by atoms with van der Waals surface area (Å²) in [5.74, 6) is 2.03. The summed E-state index contributed by atoms with van der Waals surface area (Å²) in [6.07, 6.45) is 3.83.